The Morgan fingerprint density at radius 1 is 1.35 bits per heavy atom. The van der Waals surface area contributed by atoms with E-state index >= 15 is 0 Å². The van der Waals surface area contributed by atoms with Gasteiger partial charge in [-0.05, 0) is 34.1 Å². The number of benzene rings is 1. The number of halogens is 1. The van der Waals surface area contributed by atoms with Gasteiger partial charge in [-0.3, -0.25) is 4.79 Å². The molecule has 7 heteroatoms. The Kier molecular flexibility index (Phi) is 4.09. The second kappa shape index (κ2) is 5.79. The third kappa shape index (κ3) is 2.53. The summed E-state index contributed by atoms with van der Waals surface area (Å²) in [6.07, 6.45) is 1.42. The Labute approximate surface area is 123 Å². The highest BCUT2D eigenvalue weighted by atomic mass is 79.9. The number of rotatable bonds is 3. The molecule has 0 fully saturated rings. The van der Waals surface area contributed by atoms with E-state index in [0.717, 1.165) is 0 Å². The van der Waals surface area contributed by atoms with Gasteiger partial charge in [0, 0.05) is 12.6 Å². The molecular formula is C13H12BrN3O3. The molecule has 1 aromatic carbocycles. The summed E-state index contributed by atoms with van der Waals surface area (Å²) in [7, 11) is 1.60. The van der Waals surface area contributed by atoms with Gasteiger partial charge < -0.3 is 20.3 Å². The van der Waals surface area contributed by atoms with Crippen LogP contribution in [0.3, 0.4) is 0 Å². The number of anilines is 1. The van der Waals surface area contributed by atoms with Crippen LogP contribution in [0.4, 0.5) is 5.69 Å². The number of hydrogen-bond donors (Lipinski definition) is 2. The molecule has 2 aromatic rings. The predicted molar refractivity (Wildman–Crippen MR) is 78.1 cm³/mol. The summed E-state index contributed by atoms with van der Waals surface area (Å²) in [5.74, 6) is -0.338. The Hall–Kier alpha value is -2.28. The molecular weight excluding hydrogens is 326 g/mol. The first kappa shape index (κ1) is 14.1. The Bertz CT molecular complexity index is 666. The number of amidine groups is 1. The molecule has 0 aliphatic heterocycles. The first-order valence-corrected chi connectivity index (χ1v) is 6.43. The molecule has 0 aliphatic rings. The van der Waals surface area contributed by atoms with E-state index in [2.05, 4.69) is 21.1 Å². The highest BCUT2D eigenvalue weighted by molar-refractivity contribution is 9.10. The lowest BCUT2D eigenvalue weighted by Crippen LogP contribution is -2.29. The van der Waals surface area contributed by atoms with Crippen LogP contribution in [0.2, 0.25) is 0 Å². The Balaban J connectivity index is 2.42. The minimum absolute atomic E-state index is 0.0634. The van der Waals surface area contributed by atoms with Gasteiger partial charge >= 0.3 is 0 Å². The summed E-state index contributed by atoms with van der Waals surface area (Å²) < 4.78 is 5.41. The van der Waals surface area contributed by atoms with Crippen molar-refractivity contribution in [3.63, 3.8) is 0 Å². The van der Waals surface area contributed by atoms with Gasteiger partial charge in [0.05, 0.1) is 17.5 Å². The van der Waals surface area contributed by atoms with Gasteiger partial charge in [0.25, 0.3) is 5.91 Å². The number of nitrogens with two attached hydrogens (primary N) is 1. The van der Waals surface area contributed by atoms with Crippen LogP contribution in [0.1, 0.15) is 15.9 Å². The topological polar surface area (TPSA) is 92.1 Å². The van der Waals surface area contributed by atoms with Crippen molar-refractivity contribution in [2.45, 2.75) is 0 Å². The molecule has 0 spiro atoms. The number of nitrogens with zero attached hydrogens (tertiary/aromatic N) is 2. The zero-order chi connectivity index (χ0) is 14.7. The number of furan rings is 1. The number of amides is 1. The molecule has 0 saturated carbocycles. The molecule has 0 aliphatic carbocycles. The highest BCUT2D eigenvalue weighted by Gasteiger charge is 2.21. The monoisotopic (exact) mass is 337 g/mol. The zero-order valence-electron chi connectivity index (χ0n) is 10.6. The van der Waals surface area contributed by atoms with E-state index in [0.29, 0.717) is 21.5 Å². The quantitative estimate of drug-likeness (QED) is 0.389. The van der Waals surface area contributed by atoms with E-state index in [1.165, 1.54) is 11.2 Å². The maximum atomic E-state index is 12.4. The van der Waals surface area contributed by atoms with Crippen molar-refractivity contribution in [3.05, 3.63) is 52.4 Å². The molecule has 3 N–H and O–H groups in total. The minimum atomic E-state index is -0.274. The number of carbonyl (C=O) groups is 1. The third-order valence-corrected chi connectivity index (χ3v) is 3.42. The van der Waals surface area contributed by atoms with Crippen LogP contribution >= 0.6 is 15.9 Å². The second-order valence-electron chi connectivity index (χ2n) is 3.97. The van der Waals surface area contributed by atoms with Gasteiger partial charge in [-0.15, -0.1) is 0 Å². The SMILES string of the molecule is CN(C(=O)c1ccoc1Br)c1ccccc1/C(N)=N/O. The lowest BCUT2D eigenvalue weighted by molar-refractivity contribution is 0.0991. The van der Waals surface area contributed by atoms with Crippen LogP contribution in [0, 0.1) is 0 Å². The van der Waals surface area contributed by atoms with Crippen molar-refractivity contribution in [3.8, 4) is 0 Å². The first-order valence-electron chi connectivity index (χ1n) is 5.64. The fraction of sp³-hybridized carbons (Fsp3) is 0.0769. The summed E-state index contributed by atoms with van der Waals surface area (Å²) in [4.78, 5) is 13.8. The highest BCUT2D eigenvalue weighted by Crippen LogP contribution is 2.24. The molecule has 2 rings (SSSR count). The maximum Gasteiger partial charge on any atom is 0.262 e. The second-order valence-corrected chi connectivity index (χ2v) is 4.69. The van der Waals surface area contributed by atoms with Gasteiger partial charge in [-0.2, -0.15) is 0 Å². The van der Waals surface area contributed by atoms with Crippen LogP contribution in [0.15, 0.2) is 50.8 Å². The number of hydrogen-bond acceptors (Lipinski definition) is 4. The zero-order valence-corrected chi connectivity index (χ0v) is 12.2. The van der Waals surface area contributed by atoms with Crippen molar-refractivity contribution in [1.82, 2.24) is 0 Å². The summed E-state index contributed by atoms with van der Waals surface area (Å²) >= 11 is 3.17. The number of oxime groups is 1. The third-order valence-electron chi connectivity index (χ3n) is 2.80. The number of para-hydroxylation sites is 1. The molecule has 0 radical (unpaired) electrons. The first-order chi connectivity index (χ1) is 9.56. The van der Waals surface area contributed by atoms with Crippen molar-refractivity contribution in [1.29, 1.82) is 0 Å². The Morgan fingerprint density at radius 2 is 2.05 bits per heavy atom. The van der Waals surface area contributed by atoms with E-state index in [1.54, 1.807) is 37.4 Å². The van der Waals surface area contributed by atoms with Gasteiger partial charge in [-0.1, -0.05) is 17.3 Å². The average Bonchev–Trinajstić information content (AvgIpc) is 2.91. The fourth-order valence-corrected chi connectivity index (χ4v) is 2.18. The van der Waals surface area contributed by atoms with Crippen LogP contribution < -0.4 is 10.6 Å². The minimum Gasteiger partial charge on any atom is -0.457 e. The molecule has 20 heavy (non-hydrogen) atoms. The van der Waals surface area contributed by atoms with Crippen molar-refractivity contribution in [2.75, 3.05) is 11.9 Å². The van der Waals surface area contributed by atoms with Crippen LogP contribution in [-0.4, -0.2) is 24.0 Å². The molecule has 1 amide bonds. The van der Waals surface area contributed by atoms with Crippen LogP contribution in [0.5, 0.6) is 0 Å². The molecule has 1 aromatic heterocycles. The lowest BCUT2D eigenvalue weighted by Gasteiger charge is -2.19. The van der Waals surface area contributed by atoms with Gasteiger partial charge in [0.2, 0.25) is 0 Å². The summed E-state index contributed by atoms with van der Waals surface area (Å²) in [5, 5.41) is 11.8. The number of carbonyl (C=O) groups excluding carboxylic acids is 1. The Morgan fingerprint density at radius 3 is 2.65 bits per heavy atom. The van der Waals surface area contributed by atoms with Crippen molar-refractivity contribution in [2.24, 2.45) is 10.9 Å². The molecule has 104 valence electrons. The maximum absolute atomic E-state index is 12.4. The fourth-order valence-electron chi connectivity index (χ4n) is 1.77. The standard InChI is InChI=1S/C13H12BrN3O3/c1-17(13(18)9-6-7-20-11(9)14)10-5-3-2-4-8(10)12(15)16-19/h2-7,19H,1H3,(H2,15,16). The molecule has 0 atom stereocenters. The molecule has 0 bridgehead atoms. The van der Waals surface area contributed by atoms with Crippen LogP contribution in [0.25, 0.3) is 0 Å². The smallest absolute Gasteiger partial charge is 0.262 e. The van der Waals surface area contributed by atoms with E-state index in [-0.39, 0.29) is 11.7 Å². The van der Waals surface area contributed by atoms with Crippen molar-refractivity contribution >= 4 is 33.4 Å². The van der Waals surface area contributed by atoms with Crippen molar-refractivity contribution < 1.29 is 14.4 Å². The van der Waals surface area contributed by atoms with E-state index in [4.69, 9.17) is 15.4 Å². The largest absolute Gasteiger partial charge is 0.457 e. The van der Waals surface area contributed by atoms with E-state index in [9.17, 15) is 4.79 Å². The van der Waals surface area contributed by atoms with Crippen LogP contribution in [-0.2, 0) is 0 Å². The molecule has 6 nitrogen and oxygen atoms in total. The van der Waals surface area contributed by atoms with E-state index < -0.39 is 0 Å². The lowest BCUT2D eigenvalue weighted by atomic mass is 10.1. The predicted octanol–water partition coefficient (Wildman–Crippen LogP) is 2.41. The molecule has 0 saturated heterocycles. The van der Waals surface area contributed by atoms with Gasteiger partial charge in [-0.25, -0.2) is 0 Å². The molecule has 0 unspecified atom stereocenters. The van der Waals surface area contributed by atoms with Gasteiger partial charge in [0.15, 0.2) is 10.5 Å². The normalized spacial score (nSPS) is 11.4. The summed E-state index contributed by atoms with van der Waals surface area (Å²) in [6, 6.07) is 8.44. The summed E-state index contributed by atoms with van der Waals surface area (Å²) in [6.45, 7) is 0. The van der Waals surface area contributed by atoms with Gasteiger partial charge in [0.1, 0.15) is 0 Å². The van der Waals surface area contributed by atoms with E-state index in [1.807, 2.05) is 0 Å². The average molecular weight is 338 g/mol. The summed E-state index contributed by atoms with van der Waals surface area (Å²) in [5.41, 5.74) is 7.00. The molecule has 1 heterocycles.